The van der Waals surface area contributed by atoms with E-state index in [1.54, 1.807) is 18.2 Å². The van der Waals surface area contributed by atoms with E-state index in [9.17, 15) is 9.59 Å². The summed E-state index contributed by atoms with van der Waals surface area (Å²) in [5.74, 6) is -0.903. The van der Waals surface area contributed by atoms with Crippen molar-refractivity contribution >= 4 is 22.7 Å². The molecule has 3 aromatic carbocycles. The zero-order valence-corrected chi connectivity index (χ0v) is 16.8. The number of nitrogens with zero attached hydrogens (tertiary/aromatic N) is 1. The number of rotatable bonds is 5. The van der Waals surface area contributed by atoms with Crippen LogP contribution < -0.4 is 0 Å². The molecule has 0 aliphatic carbocycles. The first kappa shape index (κ1) is 19.5. The minimum Gasteiger partial charge on any atom is -0.444 e. The van der Waals surface area contributed by atoms with Gasteiger partial charge < -0.3 is 4.74 Å². The maximum atomic E-state index is 13.2. The highest BCUT2D eigenvalue weighted by atomic mass is 16.5. The third-order valence-corrected chi connectivity index (χ3v) is 4.99. The molecular formula is C26H21NO3. The number of Topliss-reactive ketones (excluding diaryl/α,β-unsaturated/α-hetero) is 1. The number of para-hydroxylation sites is 1. The summed E-state index contributed by atoms with van der Waals surface area (Å²) >= 11 is 0. The van der Waals surface area contributed by atoms with Gasteiger partial charge in [0, 0.05) is 16.5 Å². The van der Waals surface area contributed by atoms with E-state index in [0.717, 1.165) is 16.5 Å². The van der Waals surface area contributed by atoms with Crippen molar-refractivity contribution in [3.63, 3.8) is 0 Å². The molecule has 30 heavy (non-hydrogen) atoms. The van der Waals surface area contributed by atoms with Gasteiger partial charge in [0.1, 0.15) is 5.69 Å². The van der Waals surface area contributed by atoms with E-state index >= 15 is 0 Å². The molecule has 0 fully saturated rings. The highest BCUT2D eigenvalue weighted by Gasteiger charge is 2.27. The van der Waals surface area contributed by atoms with Gasteiger partial charge in [-0.05, 0) is 26.0 Å². The van der Waals surface area contributed by atoms with Gasteiger partial charge in [-0.25, -0.2) is 9.78 Å². The molecule has 1 heterocycles. The summed E-state index contributed by atoms with van der Waals surface area (Å²) in [6, 6.07) is 25.6. The number of aryl methyl sites for hydroxylation is 2. The second kappa shape index (κ2) is 8.29. The van der Waals surface area contributed by atoms with Crippen molar-refractivity contribution in [2.24, 2.45) is 0 Å². The Labute approximate surface area is 175 Å². The maximum Gasteiger partial charge on any atom is 0.358 e. The smallest absolute Gasteiger partial charge is 0.358 e. The highest BCUT2D eigenvalue weighted by molar-refractivity contribution is 6.02. The Morgan fingerprint density at radius 3 is 2.10 bits per heavy atom. The molecule has 0 saturated carbocycles. The lowest BCUT2D eigenvalue weighted by Gasteiger charge is -2.18. The maximum absolute atomic E-state index is 13.2. The molecule has 0 amide bonds. The van der Waals surface area contributed by atoms with Crippen LogP contribution in [0.3, 0.4) is 0 Å². The minimum atomic E-state index is -1.05. The summed E-state index contributed by atoms with van der Waals surface area (Å²) in [4.78, 5) is 30.5. The van der Waals surface area contributed by atoms with Crippen LogP contribution in [0.2, 0.25) is 0 Å². The van der Waals surface area contributed by atoms with E-state index in [0.29, 0.717) is 16.6 Å². The van der Waals surface area contributed by atoms with Gasteiger partial charge in [-0.15, -0.1) is 0 Å². The van der Waals surface area contributed by atoms with Crippen molar-refractivity contribution in [1.29, 1.82) is 0 Å². The number of hydrogen-bond acceptors (Lipinski definition) is 4. The molecule has 4 nitrogen and oxygen atoms in total. The quantitative estimate of drug-likeness (QED) is 0.324. The van der Waals surface area contributed by atoms with Crippen molar-refractivity contribution in [3.8, 4) is 0 Å². The van der Waals surface area contributed by atoms with Crippen molar-refractivity contribution in [2.45, 2.75) is 20.0 Å². The fraction of sp³-hybridized carbons (Fsp3) is 0.115. The third kappa shape index (κ3) is 4.13. The van der Waals surface area contributed by atoms with Gasteiger partial charge in [-0.3, -0.25) is 4.79 Å². The number of benzene rings is 3. The Hall–Kier alpha value is -3.79. The molecule has 0 aliphatic rings. The molecule has 0 radical (unpaired) electrons. The molecule has 1 atom stereocenters. The van der Waals surface area contributed by atoms with Crippen LogP contribution in [0.1, 0.15) is 43.6 Å². The van der Waals surface area contributed by atoms with Crippen LogP contribution in [-0.4, -0.2) is 16.7 Å². The van der Waals surface area contributed by atoms with E-state index in [1.165, 1.54) is 0 Å². The molecule has 1 aromatic heterocycles. The average Bonchev–Trinajstić information content (AvgIpc) is 2.78. The van der Waals surface area contributed by atoms with Gasteiger partial charge in [0.25, 0.3) is 0 Å². The molecule has 4 rings (SSSR count). The molecule has 0 saturated heterocycles. The number of esters is 1. The molecule has 4 heteroatoms. The van der Waals surface area contributed by atoms with E-state index in [-0.39, 0.29) is 11.5 Å². The lowest BCUT2D eigenvalue weighted by molar-refractivity contribution is 0.0274. The number of ether oxygens (including phenoxy) is 1. The SMILES string of the molecule is Cc1ccc(C(=O)C(OC(=O)c2ccc3ccccc3n2)c2ccc(C)cc2)cc1. The molecule has 0 spiro atoms. The molecule has 4 aromatic rings. The number of fused-ring (bicyclic) bond motifs is 1. The predicted octanol–water partition coefficient (Wildman–Crippen LogP) is 5.63. The van der Waals surface area contributed by atoms with Crippen molar-refractivity contribution < 1.29 is 14.3 Å². The molecule has 1 unspecified atom stereocenters. The lowest BCUT2D eigenvalue weighted by Crippen LogP contribution is -2.21. The van der Waals surface area contributed by atoms with Crippen molar-refractivity contribution in [3.05, 3.63) is 113 Å². The topological polar surface area (TPSA) is 56.3 Å². The molecule has 0 bridgehead atoms. The number of pyridine rings is 1. The first-order chi connectivity index (χ1) is 14.5. The van der Waals surface area contributed by atoms with Crippen molar-refractivity contribution in [2.75, 3.05) is 0 Å². The molecule has 0 N–H and O–H groups in total. The molecular weight excluding hydrogens is 374 g/mol. The lowest BCUT2D eigenvalue weighted by atomic mass is 9.98. The van der Waals surface area contributed by atoms with Crippen LogP contribution in [0.15, 0.2) is 84.9 Å². The van der Waals surface area contributed by atoms with Gasteiger partial charge in [0.05, 0.1) is 5.52 Å². The standard InChI is InChI=1S/C26H21NO3/c1-17-7-11-20(12-8-17)24(28)25(21-13-9-18(2)10-14-21)30-26(29)23-16-15-19-5-3-4-6-22(19)27-23/h3-16,25H,1-2H3. The zero-order valence-electron chi connectivity index (χ0n) is 16.8. The van der Waals surface area contributed by atoms with Crippen LogP contribution >= 0.6 is 0 Å². The first-order valence-corrected chi connectivity index (χ1v) is 9.75. The Morgan fingerprint density at radius 2 is 1.40 bits per heavy atom. The monoisotopic (exact) mass is 395 g/mol. The average molecular weight is 395 g/mol. The van der Waals surface area contributed by atoms with E-state index < -0.39 is 12.1 Å². The number of ketones is 1. The van der Waals surface area contributed by atoms with Crippen LogP contribution in [0, 0.1) is 13.8 Å². The second-order valence-electron chi connectivity index (χ2n) is 7.32. The zero-order chi connectivity index (χ0) is 21.1. The summed E-state index contributed by atoms with van der Waals surface area (Å²) in [7, 11) is 0. The van der Waals surface area contributed by atoms with Crippen molar-refractivity contribution in [1.82, 2.24) is 4.98 Å². The minimum absolute atomic E-state index is 0.169. The summed E-state index contributed by atoms with van der Waals surface area (Å²) in [5, 5.41) is 0.930. The Bertz CT molecular complexity index is 1210. The largest absolute Gasteiger partial charge is 0.444 e. The Kier molecular flexibility index (Phi) is 5.40. The van der Waals surface area contributed by atoms with Crippen LogP contribution in [0.5, 0.6) is 0 Å². The first-order valence-electron chi connectivity index (χ1n) is 9.75. The summed E-state index contributed by atoms with van der Waals surface area (Å²) < 4.78 is 5.71. The number of carbonyl (C=O) groups excluding carboxylic acids is 2. The van der Waals surface area contributed by atoms with Gasteiger partial charge in [-0.1, -0.05) is 83.9 Å². The molecule has 148 valence electrons. The summed E-state index contributed by atoms with van der Waals surface area (Å²) in [6.45, 7) is 3.92. The second-order valence-corrected chi connectivity index (χ2v) is 7.32. The normalized spacial score (nSPS) is 11.8. The number of aromatic nitrogens is 1. The fourth-order valence-corrected chi connectivity index (χ4v) is 3.23. The molecule has 0 aliphatic heterocycles. The summed E-state index contributed by atoms with van der Waals surface area (Å²) in [6.07, 6.45) is -1.05. The Morgan fingerprint density at radius 1 is 0.767 bits per heavy atom. The summed E-state index contributed by atoms with van der Waals surface area (Å²) in [5.41, 5.74) is 4.09. The number of hydrogen-bond donors (Lipinski definition) is 0. The van der Waals surface area contributed by atoms with E-state index in [4.69, 9.17) is 4.74 Å². The van der Waals surface area contributed by atoms with E-state index in [2.05, 4.69) is 4.98 Å². The number of carbonyl (C=O) groups is 2. The predicted molar refractivity (Wildman–Crippen MR) is 117 cm³/mol. The van der Waals surface area contributed by atoms with Gasteiger partial charge in [-0.2, -0.15) is 0 Å². The van der Waals surface area contributed by atoms with Crippen LogP contribution in [0.4, 0.5) is 0 Å². The van der Waals surface area contributed by atoms with Crippen LogP contribution in [0.25, 0.3) is 10.9 Å². The fourth-order valence-electron chi connectivity index (χ4n) is 3.23. The van der Waals surface area contributed by atoms with Crippen LogP contribution in [-0.2, 0) is 4.74 Å². The third-order valence-electron chi connectivity index (χ3n) is 4.99. The Balaban J connectivity index is 1.67. The van der Waals surface area contributed by atoms with Gasteiger partial charge in [0.15, 0.2) is 6.10 Å². The highest BCUT2D eigenvalue weighted by Crippen LogP contribution is 2.25. The van der Waals surface area contributed by atoms with Gasteiger partial charge >= 0.3 is 5.97 Å². The van der Waals surface area contributed by atoms with E-state index in [1.807, 2.05) is 80.6 Å². The van der Waals surface area contributed by atoms with Gasteiger partial charge in [0.2, 0.25) is 5.78 Å².